The number of allylic oxidation sites excluding steroid dienone is 1. The Balaban J connectivity index is 1.89. The fourth-order valence-electron chi connectivity index (χ4n) is 4.09. The van der Waals surface area contributed by atoms with Crippen LogP contribution in [-0.2, 0) is 9.53 Å². The van der Waals surface area contributed by atoms with Crippen molar-refractivity contribution < 1.29 is 19.0 Å². The van der Waals surface area contributed by atoms with Crippen LogP contribution in [0.4, 0.5) is 0 Å². The summed E-state index contributed by atoms with van der Waals surface area (Å²) in [5.74, 6) is 0.760. The van der Waals surface area contributed by atoms with Gasteiger partial charge in [0.25, 0.3) is 5.56 Å². The molecule has 0 aliphatic carbocycles. The molecule has 0 saturated heterocycles. The third-order valence-corrected chi connectivity index (χ3v) is 7.46. The Kier molecular flexibility index (Phi) is 8.01. The third-order valence-electron chi connectivity index (χ3n) is 5.73. The first-order chi connectivity index (χ1) is 17.4. The largest absolute Gasteiger partial charge is 0.493 e. The second-order valence-corrected chi connectivity index (χ2v) is 9.81. The molecular formula is C27H28N2O5S2. The SMILES string of the molecule is CCOC(=O)C1=C(C)N=c2s/c(=C\c3ccc(OCC)c(OC)c3)c(=O)n2C1c1ccc(SC)cc1. The van der Waals surface area contributed by atoms with Gasteiger partial charge in [-0.1, -0.05) is 29.5 Å². The molecule has 1 atom stereocenters. The van der Waals surface area contributed by atoms with Crippen LogP contribution in [0.5, 0.6) is 11.5 Å². The van der Waals surface area contributed by atoms with Crippen molar-refractivity contribution in [1.29, 1.82) is 0 Å². The predicted octanol–water partition coefficient (Wildman–Crippen LogP) is 3.93. The zero-order chi connectivity index (χ0) is 25.8. The Labute approximate surface area is 217 Å². The van der Waals surface area contributed by atoms with Crippen LogP contribution in [0.3, 0.4) is 0 Å². The minimum absolute atomic E-state index is 0.222. The normalized spacial score (nSPS) is 15.4. The van der Waals surface area contributed by atoms with Gasteiger partial charge in [0.05, 0.1) is 42.2 Å². The molecule has 9 heteroatoms. The highest BCUT2D eigenvalue weighted by Gasteiger charge is 2.33. The molecule has 0 fully saturated rings. The number of nitrogens with zero attached hydrogens (tertiary/aromatic N) is 2. The molecule has 2 aromatic carbocycles. The molecule has 0 saturated carbocycles. The summed E-state index contributed by atoms with van der Waals surface area (Å²) in [5, 5.41) is 0. The van der Waals surface area contributed by atoms with Gasteiger partial charge in [-0.25, -0.2) is 9.79 Å². The van der Waals surface area contributed by atoms with Gasteiger partial charge in [0.2, 0.25) is 0 Å². The van der Waals surface area contributed by atoms with Crippen molar-refractivity contribution in [1.82, 2.24) is 4.57 Å². The Morgan fingerprint density at radius 2 is 1.89 bits per heavy atom. The summed E-state index contributed by atoms with van der Waals surface area (Å²) in [4.78, 5) is 33.0. The molecule has 1 unspecified atom stereocenters. The lowest BCUT2D eigenvalue weighted by molar-refractivity contribution is -0.139. The number of thioether (sulfide) groups is 1. The Morgan fingerprint density at radius 3 is 2.53 bits per heavy atom. The Hall–Kier alpha value is -3.30. The van der Waals surface area contributed by atoms with Crippen molar-refractivity contribution in [2.75, 3.05) is 26.6 Å². The lowest BCUT2D eigenvalue weighted by Crippen LogP contribution is -2.39. The second-order valence-electron chi connectivity index (χ2n) is 7.92. The molecule has 2 heterocycles. The van der Waals surface area contributed by atoms with Crippen molar-refractivity contribution in [3.63, 3.8) is 0 Å². The van der Waals surface area contributed by atoms with Gasteiger partial charge in [-0.3, -0.25) is 9.36 Å². The molecule has 36 heavy (non-hydrogen) atoms. The predicted molar refractivity (Wildman–Crippen MR) is 143 cm³/mol. The monoisotopic (exact) mass is 524 g/mol. The van der Waals surface area contributed by atoms with E-state index in [9.17, 15) is 9.59 Å². The quantitative estimate of drug-likeness (QED) is 0.328. The standard InChI is InChI=1S/C27H28N2O5S2/c1-6-33-20-13-8-17(14-21(20)32-4)15-22-25(30)29-24(18-9-11-19(35-5)12-10-18)23(26(31)34-7-2)16(3)28-27(29)36-22/h8-15,24H,6-7H2,1-5H3/b22-15-. The topological polar surface area (TPSA) is 79.1 Å². The summed E-state index contributed by atoms with van der Waals surface area (Å²) in [6, 6.07) is 12.8. The molecular weight excluding hydrogens is 496 g/mol. The minimum atomic E-state index is -0.631. The maximum atomic E-state index is 13.7. The Bertz CT molecular complexity index is 1490. The van der Waals surface area contributed by atoms with Crippen molar-refractivity contribution in [3.05, 3.63) is 84.5 Å². The number of ether oxygens (including phenoxy) is 3. The Morgan fingerprint density at radius 1 is 1.14 bits per heavy atom. The summed E-state index contributed by atoms with van der Waals surface area (Å²) in [7, 11) is 1.58. The van der Waals surface area contributed by atoms with E-state index in [0.29, 0.717) is 38.7 Å². The van der Waals surface area contributed by atoms with Crippen molar-refractivity contribution in [2.24, 2.45) is 4.99 Å². The van der Waals surface area contributed by atoms with E-state index >= 15 is 0 Å². The van der Waals surface area contributed by atoms with Crippen LogP contribution in [0, 0.1) is 0 Å². The molecule has 0 radical (unpaired) electrons. The number of carbonyl (C=O) groups excluding carboxylic acids is 1. The van der Waals surface area contributed by atoms with Crippen molar-refractivity contribution in [2.45, 2.75) is 31.7 Å². The number of methoxy groups -OCH3 is 1. The molecule has 1 aliphatic heterocycles. The van der Waals surface area contributed by atoms with E-state index in [-0.39, 0.29) is 12.2 Å². The highest BCUT2D eigenvalue weighted by Crippen LogP contribution is 2.32. The van der Waals surface area contributed by atoms with E-state index in [1.165, 1.54) is 11.3 Å². The minimum Gasteiger partial charge on any atom is -0.493 e. The molecule has 1 aromatic heterocycles. The number of esters is 1. The summed E-state index contributed by atoms with van der Waals surface area (Å²) in [5.41, 5.74) is 2.31. The average molecular weight is 525 g/mol. The van der Waals surface area contributed by atoms with Crippen molar-refractivity contribution in [3.8, 4) is 11.5 Å². The van der Waals surface area contributed by atoms with Crippen LogP contribution in [0.15, 0.2) is 68.4 Å². The molecule has 4 rings (SSSR count). The maximum Gasteiger partial charge on any atom is 0.338 e. The molecule has 3 aromatic rings. The summed E-state index contributed by atoms with van der Waals surface area (Å²) < 4.78 is 18.5. The van der Waals surface area contributed by atoms with E-state index in [2.05, 4.69) is 4.99 Å². The molecule has 1 aliphatic rings. The smallest absolute Gasteiger partial charge is 0.338 e. The van der Waals surface area contributed by atoms with Crippen molar-refractivity contribution >= 4 is 35.1 Å². The molecule has 0 bridgehead atoms. The van der Waals surface area contributed by atoms with Gasteiger partial charge in [0.15, 0.2) is 16.3 Å². The summed E-state index contributed by atoms with van der Waals surface area (Å²) >= 11 is 2.92. The van der Waals surface area contributed by atoms with E-state index < -0.39 is 12.0 Å². The summed E-state index contributed by atoms with van der Waals surface area (Å²) in [6.07, 6.45) is 3.81. The molecule has 0 N–H and O–H groups in total. The fourth-order valence-corrected chi connectivity index (χ4v) is 5.55. The number of fused-ring (bicyclic) bond motifs is 1. The lowest BCUT2D eigenvalue weighted by atomic mass is 9.96. The summed E-state index contributed by atoms with van der Waals surface area (Å²) in [6.45, 7) is 6.21. The number of thiazole rings is 1. The van der Waals surface area contributed by atoms with Gasteiger partial charge >= 0.3 is 5.97 Å². The van der Waals surface area contributed by atoms with Crippen LogP contribution in [0.1, 0.15) is 37.9 Å². The molecule has 0 amide bonds. The van der Waals surface area contributed by atoms with E-state index in [4.69, 9.17) is 14.2 Å². The van der Waals surface area contributed by atoms with Gasteiger partial charge in [-0.15, -0.1) is 11.8 Å². The van der Waals surface area contributed by atoms with Gasteiger partial charge in [-0.05, 0) is 68.5 Å². The van der Waals surface area contributed by atoms with Crippen LogP contribution in [-0.4, -0.2) is 37.1 Å². The number of aromatic nitrogens is 1. The van der Waals surface area contributed by atoms with Gasteiger partial charge in [0.1, 0.15) is 0 Å². The number of rotatable bonds is 8. The molecule has 0 spiro atoms. The maximum absolute atomic E-state index is 13.7. The highest BCUT2D eigenvalue weighted by molar-refractivity contribution is 7.98. The lowest BCUT2D eigenvalue weighted by Gasteiger charge is -2.24. The number of hydrogen-bond acceptors (Lipinski definition) is 8. The zero-order valence-electron chi connectivity index (χ0n) is 20.9. The zero-order valence-corrected chi connectivity index (χ0v) is 22.5. The first kappa shape index (κ1) is 25.8. The molecule has 188 valence electrons. The first-order valence-corrected chi connectivity index (χ1v) is 13.6. The number of hydrogen-bond donors (Lipinski definition) is 0. The van der Waals surface area contributed by atoms with E-state index in [1.807, 2.05) is 55.6 Å². The van der Waals surface area contributed by atoms with E-state index in [1.54, 1.807) is 43.4 Å². The van der Waals surface area contributed by atoms with Gasteiger partial charge in [0, 0.05) is 4.90 Å². The second kappa shape index (κ2) is 11.2. The fraction of sp³-hybridized carbons (Fsp3) is 0.296. The third kappa shape index (κ3) is 4.99. The average Bonchev–Trinajstić information content (AvgIpc) is 3.18. The van der Waals surface area contributed by atoms with Crippen LogP contribution < -0.4 is 24.4 Å². The highest BCUT2D eigenvalue weighted by atomic mass is 32.2. The van der Waals surface area contributed by atoms with Crippen LogP contribution in [0.25, 0.3) is 6.08 Å². The van der Waals surface area contributed by atoms with Crippen LogP contribution >= 0.6 is 23.1 Å². The number of benzene rings is 2. The van der Waals surface area contributed by atoms with E-state index in [0.717, 1.165) is 16.0 Å². The first-order valence-electron chi connectivity index (χ1n) is 11.6. The number of carbonyl (C=O) groups is 1. The van der Waals surface area contributed by atoms with Crippen LogP contribution in [0.2, 0.25) is 0 Å². The van der Waals surface area contributed by atoms with Gasteiger partial charge < -0.3 is 14.2 Å². The molecule has 7 nitrogen and oxygen atoms in total. The van der Waals surface area contributed by atoms with Gasteiger partial charge in [-0.2, -0.15) is 0 Å².